The molecule has 0 amide bonds. The summed E-state index contributed by atoms with van der Waals surface area (Å²) in [4.78, 5) is 12.0. The molecular formula is C16H24O. The monoisotopic (exact) mass is 232 g/mol. The fourth-order valence-electron chi connectivity index (χ4n) is 4.41. The summed E-state index contributed by atoms with van der Waals surface area (Å²) in [6.07, 6.45) is 16.1. The fraction of sp³-hybridized carbons (Fsp3) is 0.812. The van der Waals surface area contributed by atoms with Crippen molar-refractivity contribution >= 4 is 5.78 Å². The van der Waals surface area contributed by atoms with Crippen molar-refractivity contribution in [2.75, 3.05) is 0 Å². The lowest BCUT2D eigenvalue weighted by molar-refractivity contribution is -0.118. The van der Waals surface area contributed by atoms with E-state index in [1.165, 1.54) is 44.9 Å². The molecule has 0 aliphatic heterocycles. The first-order chi connectivity index (χ1) is 8.34. The van der Waals surface area contributed by atoms with E-state index in [-0.39, 0.29) is 0 Å². The first-order valence-corrected chi connectivity index (χ1v) is 7.56. The van der Waals surface area contributed by atoms with Gasteiger partial charge >= 0.3 is 0 Å². The highest BCUT2D eigenvalue weighted by Crippen LogP contribution is 2.48. The van der Waals surface area contributed by atoms with Crippen LogP contribution in [-0.2, 0) is 4.79 Å². The molecule has 17 heavy (non-hydrogen) atoms. The van der Waals surface area contributed by atoms with E-state index in [0.717, 1.165) is 30.6 Å². The molecule has 3 saturated carbocycles. The molecule has 0 bridgehead atoms. The third-order valence-electron chi connectivity index (χ3n) is 5.40. The molecule has 3 unspecified atom stereocenters. The molecule has 0 aromatic carbocycles. The van der Waals surface area contributed by atoms with Gasteiger partial charge < -0.3 is 0 Å². The largest absolute Gasteiger partial charge is 0.295 e. The summed E-state index contributed by atoms with van der Waals surface area (Å²) in [5.74, 6) is 3.43. The van der Waals surface area contributed by atoms with Gasteiger partial charge in [0.05, 0.1) is 0 Å². The number of allylic oxidation sites excluding steroid dienone is 2. The van der Waals surface area contributed by atoms with Gasteiger partial charge in [-0.3, -0.25) is 4.79 Å². The summed E-state index contributed by atoms with van der Waals surface area (Å²) in [6, 6.07) is 0. The van der Waals surface area contributed by atoms with Crippen LogP contribution in [0.5, 0.6) is 0 Å². The highest BCUT2D eigenvalue weighted by atomic mass is 16.1. The Bertz CT molecular complexity index is 311. The summed E-state index contributed by atoms with van der Waals surface area (Å²) in [6.45, 7) is 0. The van der Waals surface area contributed by atoms with Gasteiger partial charge in [-0.15, -0.1) is 0 Å². The summed E-state index contributed by atoms with van der Waals surface area (Å²) >= 11 is 0. The van der Waals surface area contributed by atoms with Crippen LogP contribution < -0.4 is 0 Å². The van der Waals surface area contributed by atoms with Gasteiger partial charge in [0, 0.05) is 5.92 Å². The summed E-state index contributed by atoms with van der Waals surface area (Å²) in [5.41, 5.74) is 0. The van der Waals surface area contributed by atoms with E-state index in [1.807, 2.05) is 6.08 Å². The Kier molecular flexibility index (Phi) is 3.35. The Balaban J connectivity index is 1.57. The van der Waals surface area contributed by atoms with E-state index in [1.54, 1.807) is 0 Å². The van der Waals surface area contributed by atoms with Crippen molar-refractivity contribution in [3.05, 3.63) is 12.2 Å². The molecule has 0 radical (unpaired) electrons. The van der Waals surface area contributed by atoms with Crippen LogP contribution in [0.2, 0.25) is 0 Å². The molecule has 0 saturated heterocycles. The third-order valence-corrected chi connectivity index (χ3v) is 5.40. The number of carbonyl (C=O) groups excluding carboxylic acids is 1. The van der Waals surface area contributed by atoms with E-state index < -0.39 is 0 Å². The Labute approximate surface area is 105 Å². The van der Waals surface area contributed by atoms with Gasteiger partial charge in [-0.05, 0) is 55.9 Å². The van der Waals surface area contributed by atoms with E-state index in [0.29, 0.717) is 11.7 Å². The molecule has 3 rings (SSSR count). The quantitative estimate of drug-likeness (QED) is 0.669. The molecule has 1 heteroatoms. The Hall–Kier alpha value is -0.590. The zero-order valence-corrected chi connectivity index (χ0v) is 10.7. The lowest BCUT2D eigenvalue weighted by Crippen LogP contribution is -2.10. The second kappa shape index (κ2) is 4.96. The molecule has 3 aliphatic carbocycles. The van der Waals surface area contributed by atoms with Gasteiger partial charge in [-0.25, -0.2) is 0 Å². The van der Waals surface area contributed by atoms with Gasteiger partial charge in [0.2, 0.25) is 0 Å². The minimum atomic E-state index is 0.368. The van der Waals surface area contributed by atoms with Crippen LogP contribution in [0, 0.1) is 23.7 Å². The highest BCUT2D eigenvalue weighted by Gasteiger charge is 2.37. The molecule has 0 aromatic rings. The fourth-order valence-corrected chi connectivity index (χ4v) is 4.41. The van der Waals surface area contributed by atoms with Gasteiger partial charge in [0.15, 0.2) is 5.78 Å². The maximum atomic E-state index is 12.0. The van der Waals surface area contributed by atoms with Crippen LogP contribution in [0.25, 0.3) is 0 Å². The second-order valence-corrected chi connectivity index (χ2v) is 6.34. The predicted octanol–water partition coefficient (Wildman–Crippen LogP) is 4.13. The molecule has 1 nitrogen and oxygen atoms in total. The van der Waals surface area contributed by atoms with Gasteiger partial charge in [0.25, 0.3) is 0 Å². The number of rotatable bonds is 3. The minimum Gasteiger partial charge on any atom is -0.295 e. The van der Waals surface area contributed by atoms with E-state index in [9.17, 15) is 4.79 Å². The zero-order valence-electron chi connectivity index (χ0n) is 10.7. The highest BCUT2D eigenvalue weighted by molar-refractivity contribution is 5.91. The number of fused-ring (bicyclic) bond motifs is 1. The number of hydrogen-bond donors (Lipinski definition) is 0. The van der Waals surface area contributed by atoms with Crippen LogP contribution in [0.4, 0.5) is 0 Å². The normalized spacial score (nSPS) is 38.0. The van der Waals surface area contributed by atoms with Crippen LogP contribution in [0.1, 0.15) is 57.8 Å². The van der Waals surface area contributed by atoms with Crippen LogP contribution in [0.15, 0.2) is 12.2 Å². The molecule has 3 fully saturated rings. The minimum absolute atomic E-state index is 0.368. The molecule has 3 aliphatic rings. The molecular weight excluding hydrogens is 208 g/mol. The summed E-state index contributed by atoms with van der Waals surface area (Å²) in [7, 11) is 0. The number of carbonyl (C=O) groups is 1. The SMILES string of the molecule is O=C(C=CC1CCC2CCCC12)C1CCCC1. The lowest BCUT2D eigenvalue weighted by atomic mass is 9.91. The van der Waals surface area contributed by atoms with Gasteiger partial charge in [-0.1, -0.05) is 31.8 Å². The first-order valence-electron chi connectivity index (χ1n) is 7.56. The van der Waals surface area contributed by atoms with Crippen molar-refractivity contribution in [2.45, 2.75) is 57.8 Å². The zero-order chi connectivity index (χ0) is 11.7. The third kappa shape index (κ3) is 2.34. The summed E-state index contributed by atoms with van der Waals surface area (Å²) in [5, 5.41) is 0. The van der Waals surface area contributed by atoms with Gasteiger partial charge in [-0.2, -0.15) is 0 Å². The molecule has 0 spiro atoms. The summed E-state index contributed by atoms with van der Waals surface area (Å²) < 4.78 is 0. The first kappa shape index (κ1) is 11.5. The second-order valence-electron chi connectivity index (χ2n) is 6.34. The van der Waals surface area contributed by atoms with Crippen molar-refractivity contribution in [3.8, 4) is 0 Å². The molecule has 3 atom stereocenters. The Morgan fingerprint density at radius 3 is 2.53 bits per heavy atom. The molecule has 0 heterocycles. The lowest BCUT2D eigenvalue weighted by Gasteiger charge is -2.14. The molecule has 0 N–H and O–H groups in total. The Morgan fingerprint density at radius 1 is 0.882 bits per heavy atom. The van der Waals surface area contributed by atoms with Crippen LogP contribution >= 0.6 is 0 Å². The molecule has 0 aromatic heterocycles. The molecule has 94 valence electrons. The topological polar surface area (TPSA) is 17.1 Å². The van der Waals surface area contributed by atoms with Crippen molar-refractivity contribution < 1.29 is 4.79 Å². The number of hydrogen-bond acceptors (Lipinski definition) is 1. The standard InChI is InChI=1S/C16H24O/c17-16(14-4-1-2-5-14)11-10-13-9-8-12-6-3-7-15(12)13/h10-15H,1-9H2. The van der Waals surface area contributed by atoms with Crippen molar-refractivity contribution in [2.24, 2.45) is 23.7 Å². The van der Waals surface area contributed by atoms with E-state index in [2.05, 4.69) is 6.08 Å². The average Bonchev–Trinajstić information content (AvgIpc) is 3.03. The Morgan fingerprint density at radius 2 is 1.71 bits per heavy atom. The average molecular weight is 232 g/mol. The number of ketones is 1. The smallest absolute Gasteiger partial charge is 0.158 e. The van der Waals surface area contributed by atoms with Crippen LogP contribution in [0.3, 0.4) is 0 Å². The van der Waals surface area contributed by atoms with E-state index >= 15 is 0 Å². The predicted molar refractivity (Wildman–Crippen MR) is 69.7 cm³/mol. The van der Waals surface area contributed by atoms with Crippen molar-refractivity contribution in [3.63, 3.8) is 0 Å². The van der Waals surface area contributed by atoms with Crippen LogP contribution in [-0.4, -0.2) is 5.78 Å². The van der Waals surface area contributed by atoms with Crippen molar-refractivity contribution in [1.82, 2.24) is 0 Å². The van der Waals surface area contributed by atoms with Crippen molar-refractivity contribution in [1.29, 1.82) is 0 Å². The maximum Gasteiger partial charge on any atom is 0.158 e. The maximum absolute atomic E-state index is 12.0. The van der Waals surface area contributed by atoms with E-state index in [4.69, 9.17) is 0 Å². The van der Waals surface area contributed by atoms with Gasteiger partial charge in [0.1, 0.15) is 0 Å².